The number of aromatic nitrogens is 4. The fourth-order valence-electron chi connectivity index (χ4n) is 3.05. The molecular formula is C18H15N5O3S2. The quantitative estimate of drug-likeness (QED) is 0.503. The second kappa shape index (κ2) is 7.28. The molecule has 28 heavy (non-hydrogen) atoms. The second-order valence-corrected chi connectivity index (χ2v) is 8.08. The molecular weight excluding hydrogens is 398 g/mol. The van der Waals surface area contributed by atoms with Crippen molar-refractivity contribution >= 4 is 62.8 Å². The van der Waals surface area contributed by atoms with Crippen molar-refractivity contribution in [2.45, 2.75) is 19.8 Å². The highest BCUT2D eigenvalue weighted by atomic mass is 32.2. The van der Waals surface area contributed by atoms with E-state index in [1.807, 2.05) is 31.2 Å². The van der Waals surface area contributed by atoms with E-state index in [0.717, 1.165) is 16.5 Å². The van der Waals surface area contributed by atoms with Gasteiger partial charge in [-0.3, -0.25) is 14.5 Å². The molecule has 0 aliphatic carbocycles. The minimum absolute atomic E-state index is 0.00770. The van der Waals surface area contributed by atoms with Crippen molar-refractivity contribution in [3.63, 3.8) is 0 Å². The number of carbonyl (C=O) groups is 2. The Balaban J connectivity index is 1.70. The molecule has 0 unspecified atom stereocenters. The number of thiocarbonyl (C=S) groups is 1. The molecule has 1 aromatic carbocycles. The number of aliphatic carboxylic acids is 1. The van der Waals surface area contributed by atoms with Gasteiger partial charge in [0.2, 0.25) is 0 Å². The predicted molar refractivity (Wildman–Crippen MR) is 110 cm³/mol. The van der Waals surface area contributed by atoms with Gasteiger partial charge in [-0.25, -0.2) is 0 Å². The van der Waals surface area contributed by atoms with Crippen molar-refractivity contribution in [1.29, 1.82) is 0 Å². The van der Waals surface area contributed by atoms with E-state index in [4.69, 9.17) is 17.3 Å². The molecule has 0 saturated carbocycles. The van der Waals surface area contributed by atoms with Gasteiger partial charge in [0.25, 0.3) is 5.91 Å². The van der Waals surface area contributed by atoms with Crippen molar-refractivity contribution in [3.8, 4) is 0 Å². The number of benzene rings is 1. The number of aryl methyl sites for hydroxylation is 1. The first-order chi connectivity index (χ1) is 13.4. The number of thioether (sulfide) groups is 1. The van der Waals surface area contributed by atoms with Crippen LogP contribution in [0.3, 0.4) is 0 Å². The van der Waals surface area contributed by atoms with E-state index in [1.54, 1.807) is 10.6 Å². The molecule has 1 N–H and O–H groups in total. The number of hydrogen-bond acceptors (Lipinski definition) is 7. The molecule has 2 aromatic heterocycles. The van der Waals surface area contributed by atoms with E-state index >= 15 is 0 Å². The molecule has 0 bridgehead atoms. The molecule has 3 aromatic rings. The lowest BCUT2D eigenvalue weighted by molar-refractivity contribution is -0.137. The van der Waals surface area contributed by atoms with E-state index in [0.29, 0.717) is 26.9 Å². The number of fused-ring (bicyclic) bond motifs is 3. The SMILES string of the molecule is Cc1ccc2cc(/C=C3\SC(=S)N(CCCC(=O)O)C3=O)c3nnnn3c2c1. The van der Waals surface area contributed by atoms with E-state index < -0.39 is 5.97 Å². The Kier molecular flexibility index (Phi) is 4.82. The average Bonchev–Trinajstić information content (AvgIpc) is 3.23. The highest BCUT2D eigenvalue weighted by Gasteiger charge is 2.32. The smallest absolute Gasteiger partial charge is 0.303 e. The van der Waals surface area contributed by atoms with Crippen LogP contribution in [0.15, 0.2) is 29.2 Å². The summed E-state index contributed by atoms with van der Waals surface area (Å²) < 4.78 is 2.08. The third kappa shape index (κ3) is 3.36. The van der Waals surface area contributed by atoms with Gasteiger partial charge >= 0.3 is 5.97 Å². The topological polar surface area (TPSA) is 101 Å². The molecule has 1 fully saturated rings. The number of nitrogens with zero attached hydrogens (tertiary/aromatic N) is 5. The number of carboxylic acids is 1. The third-order valence-electron chi connectivity index (χ3n) is 4.39. The fourth-order valence-corrected chi connectivity index (χ4v) is 4.35. The zero-order valence-electron chi connectivity index (χ0n) is 14.8. The zero-order valence-corrected chi connectivity index (χ0v) is 16.5. The molecule has 1 aliphatic heterocycles. The molecule has 0 atom stereocenters. The minimum atomic E-state index is -0.894. The molecule has 10 heteroatoms. The molecule has 142 valence electrons. The van der Waals surface area contributed by atoms with Crippen molar-refractivity contribution in [2.75, 3.05) is 6.54 Å². The number of carbonyl (C=O) groups excluding carboxylic acids is 1. The Morgan fingerprint density at radius 1 is 1.36 bits per heavy atom. The summed E-state index contributed by atoms with van der Waals surface area (Å²) in [6, 6.07) is 7.94. The van der Waals surface area contributed by atoms with Gasteiger partial charge in [0.15, 0.2) is 5.65 Å². The van der Waals surface area contributed by atoms with E-state index in [1.165, 1.54) is 16.7 Å². The van der Waals surface area contributed by atoms with Crippen LogP contribution in [0.5, 0.6) is 0 Å². The third-order valence-corrected chi connectivity index (χ3v) is 5.76. The van der Waals surface area contributed by atoms with Crippen LogP contribution < -0.4 is 0 Å². The molecule has 8 nitrogen and oxygen atoms in total. The van der Waals surface area contributed by atoms with Crippen LogP contribution in [-0.2, 0) is 9.59 Å². The number of pyridine rings is 1. The summed E-state index contributed by atoms with van der Waals surface area (Å²) >= 11 is 6.49. The van der Waals surface area contributed by atoms with Crippen LogP contribution in [0.2, 0.25) is 0 Å². The zero-order chi connectivity index (χ0) is 19.8. The van der Waals surface area contributed by atoms with E-state index in [9.17, 15) is 9.59 Å². The van der Waals surface area contributed by atoms with Crippen LogP contribution in [-0.4, -0.2) is 52.8 Å². The molecule has 1 amide bonds. The summed E-state index contributed by atoms with van der Waals surface area (Å²) in [5.74, 6) is -1.12. The van der Waals surface area contributed by atoms with Crippen LogP contribution in [0, 0.1) is 6.92 Å². The normalized spacial score (nSPS) is 16.0. The summed E-state index contributed by atoms with van der Waals surface area (Å²) in [5, 5.41) is 21.7. The van der Waals surface area contributed by atoms with Crippen molar-refractivity contribution in [1.82, 2.24) is 24.9 Å². The van der Waals surface area contributed by atoms with Crippen LogP contribution in [0.25, 0.3) is 22.6 Å². The molecule has 1 saturated heterocycles. The van der Waals surface area contributed by atoms with Crippen molar-refractivity contribution in [2.24, 2.45) is 0 Å². The van der Waals surface area contributed by atoms with Crippen molar-refractivity contribution in [3.05, 3.63) is 40.3 Å². The lowest BCUT2D eigenvalue weighted by atomic mass is 10.1. The van der Waals surface area contributed by atoms with Crippen molar-refractivity contribution < 1.29 is 14.7 Å². The number of carboxylic acid groups (broad SMARTS) is 1. The van der Waals surface area contributed by atoms with Gasteiger partial charge < -0.3 is 5.11 Å². The van der Waals surface area contributed by atoms with Gasteiger partial charge in [0.1, 0.15) is 4.32 Å². The first-order valence-electron chi connectivity index (χ1n) is 8.52. The molecule has 0 radical (unpaired) electrons. The second-order valence-electron chi connectivity index (χ2n) is 6.41. The predicted octanol–water partition coefficient (Wildman–Crippen LogP) is 2.65. The number of rotatable bonds is 5. The largest absolute Gasteiger partial charge is 0.481 e. The molecule has 3 heterocycles. The minimum Gasteiger partial charge on any atom is -0.481 e. The summed E-state index contributed by atoms with van der Waals surface area (Å²) in [6.07, 6.45) is 2.08. The maximum absolute atomic E-state index is 12.7. The Morgan fingerprint density at radius 3 is 2.96 bits per heavy atom. The first kappa shape index (κ1) is 18.5. The van der Waals surface area contributed by atoms with Crippen LogP contribution >= 0.6 is 24.0 Å². The lowest BCUT2D eigenvalue weighted by Gasteiger charge is -2.13. The Morgan fingerprint density at radius 2 is 2.18 bits per heavy atom. The average molecular weight is 413 g/mol. The summed E-state index contributed by atoms with van der Waals surface area (Å²) in [4.78, 5) is 25.3. The summed E-state index contributed by atoms with van der Waals surface area (Å²) in [5.41, 5.74) is 3.25. The summed E-state index contributed by atoms with van der Waals surface area (Å²) in [6.45, 7) is 2.28. The van der Waals surface area contributed by atoms with E-state index in [2.05, 4.69) is 15.5 Å². The highest BCUT2D eigenvalue weighted by Crippen LogP contribution is 2.34. The molecule has 1 aliphatic rings. The van der Waals surface area contributed by atoms with Gasteiger partial charge in [0.05, 0.1) is 10.4 Å². The van der Waals surface area contributed by atoms with Crippen LogP contribution in [0.1, 0.15) is 24.0 Å². The number of amides is 1. The molecule has 0 spiro atoms. The van der Waals surface area contributed by atoms with E-state index in [-0.39, 0.29) is 18.9 Å². The Bertz CT molecular complexity index is 1170. The maximum atomic E-state index is 12.7. The summed E-state index contributed by atoms with van der Waals surface area (Å²) in [7, 11) is 0. The van der Waals surface area contributed by atoms with Gasteiger partial charge in [-0.15, -0.1) is 5.10 Å². The number of tetrazole rings is 1. The monoisotopic (exact) mass is 413 g/mol. The standard InChI is InChI=1S/C18H15N5O3S2/c1-10-4-5-11-8-12(16-19-20-21-23(16)13(11)7-10)9-14-17(26)22(18(27)28-14)6-2-3-15(24)25/h4-5,7-9H,2-3,6H2,1H3,(H,24,25)/b14-9-. The Hall–Kier alpha value is -2.85. The molecule has 4 rings (SSSR count). The Labute approximate surface area is 169 Å². The first-order valence-corrected chi connectivity index (χ1v) is 9.75. The highest BCUT2D eigenvalue weighted by molar-refractivity contribution is 8.26. The van der Waals surface area contributed by atoms with Gasteiger partial charge in [-0.05, 0) is 47.5 Å². The number of hydrogen-bond donors (Lipinski definition) is 1. The van der Waals surface area contributed by atoms with Gasteiger partial charge in [-0.1, -0.05) is 36.1 Å². The lowest BCUT2D eigenvalue weighted by Crippen LogP contribution is -2.29. The van der Waals surface area contributed by atoms with Gasteiger partial charge in [-0.2, -0.15) is 4.52 Å². The van der Waals surface area contributed by atoms with Crippen LogP contribution in [0.4, 0.5) is 0 Å². The fraction of sp³-hybridized carbons (Fsp3) is 0.222. The maximum Gasteiger partial charge on any atom is 0.303 e. The van der Waals surface area contributed by atoms with Gasteiger partial charge in [0, 0.05) is 23.9 Å².